The molecule has 2 heterocycles. The molecule has 0 aliphatic heterocycles. The molecule has 6 heteroatoms. The smallest absolute Gasteiger partial charge is 0.153 e. The SMILES string of the molecule is Cc1nn(-c2ccc(Cl)cn2)c(CCl)c1C#N. The lowest BCUT2D eigenvalue weighted by molar-refractivity contribution is 0.801. The largest absolute Gasteiger partial charge is 0.236 e. The van der Waals surface area contributed by atoms with E-state index in [0.29, 0.717) is 27.8 Å². The summed E-state index contributed by atoms with van der Waals surface area (Å²) < 4.78 is 1.57. The Balaban J connectivity index is 2.60. The second-order valence-corrected chi connectivity index (χ2v) is 4.10. The fourth-order valence-corrected chi connectivity index (χ4v) is 1.89. The summed E-state index contributed by atoms with van der Waals surface area (Å²) >= 11 is 11.6. The standard InChI is InChI=1S/C11H8Cl2N4/c1-7-9(5-14)10(4-12)17(16-7)11-3-2-8(13)6-15-11/h2-3,6H,4H2,1H3. The first-order valence-corrected chi connectivity index (χ1v) is 5.75. The molecule has 0 radical (unpaired) electrons. The van der Waals surface area contributed by atoms with Crippen LogP contribution in [0.25, 0.3) is 5.82 Å². The zero-order valence-corrected chi connectivity index (χ0v) is 10.5. The van der Waals surface area contributed by atoms with E-state index in [9.17, 15) is 0 Å². The number of hydrogen-bond donors (Lipinski definition) is 0. The lowest BCUT2D eigenvalue weighted by Gasteiger charge is -2.03. The average Bonchev–Trinajstić information content (AvgIpc) is 2.66. The minimum Gasteiger partial charge on any atom is -0.236 e. The summed E-state index contributed by atoms with van der Waals surface area (Å²) in [6.45, 7) is 1.76. The molecular formula is C11H8Cl2N4. The third-order valence-corrected chi connectivity index (χ3v) is 2.80. The summed E-state index contributed by atoms with van der Waals surface area (Å²) in [4.78, 5) is 4.15. The summed E-state index contributed by atoms with van der Waals surface area (Å²) in [6, 6.07) is 5.54. The first-order chi connectivity index (χ1) is 8.17. The number of alkyl halides is 1. The van der Waals surface area contributed by atoms with Crippen LogP contribution in [0, 0.1) is 18.3 Å². The Hall–Kier alpha value is -1.57. The molecule has 0 aliphatic carbocycles. The van der Waals surface area contributed by atoms with Crippen molar-refractivity contribution in [3.05, 3.63) is 40.3 Å². The maximum absolute atomic E-state index is 9.03. The molecule has 0 spiro atoms. The van der Waals surface area contributed by atoms with Crippen molar-refractivity contribution in [1.82, 2.24) is 14.8 Å². The zero-order chi connectivity index (χ0) is 12.4. The van der Waals surface area contributed by atoms with E-state index in [1.165, 1.54) is 6.20 Å². The minimum absolute atomic E-state index is 0.202. The number of nitriles is 1. The monoisotopic (exact) mass is 266 g/mol. The Morgan fingerprint density at radius 2 is 2.24 bits per heavy atom. The van der Waals surface area contributed by atoms with Gasteiger partial charge in [0.2, 0.25) is 0 Å². The van der Waals surface area contributed by atoms with Gasteiger partial charge in [0.15, 0.2) is 5.82 Å². The summed E-state index contributed by atoms with van der Waals surface area (Å²) in [5.74, 6) is 0.795. The number of halogens is 2. The number of aromatic nitrogens is 3. The van der Waals surface area contributed by atoms with E-state index in [0.717, 1.165) is 0 Å². The molecule has 86 valence electrons. The van der Waals surface area contributed by atoms with Crippen molar-refractivity contribution in [3.8, 4) is 11.9 Å². The third kappa shape index (κ3) is 2.12. The maximum atomic E-state index is 9.03. The van der Waals surface area contributed by atoms with Gasteiger partial charge in [-0.05, 0) is 19.1 Å². The van der Waals surface area contributed by atoms with Crippen LogP contribution in [0.2, 0.25) is 5.02 Å². The highest BCUT2D eigenvalue weighted by molar-refractivity contribution is 6.30. The van der Waals surface area contributed by atoms with Gasteiger partial charge in [-0.1, -0.05) is 11.6 Å². The van der Waals surface area contributed by atoms with Crippen LogP contribution in [0.1, 0.15) is 17.0 Å². The highest BCUT2D eigenvalue weighted by Crippen LogP contribution is 2.19. The summed E-state index contributed by atoms with van der Waals surface area (Å²) in [7, 11) is 0. The van der Waals surface area contributed by atoms with Gasteiger partial charge in [0.05, 0.1) is 27.9 Å². The zero-order valence-electron chi connectivity index (χ0n) is 8.98. The van der Waals surface area contributed by atoms with E-state index in [4.69, 9.17) is 28.5 Å². The van der Waals surface area contributed by atoms with Gasteiger partial charge in [-0.15, -0.1) is 11.6 Å². The summed E-state index contributed by atoms with van der Waals surface area (Å²) in [6.07, 6.45) is 1.53. The minimum atomic E-state index is 0.202. The lowest BCUT2D eigenvalue weighted by atomic mass is 10.2. The van der Waals surface area contributed by atoms with Crippen LogP contribution in [0.4, 0.5) is 0 Å². The quantitative estimate of drug-likeness (QED) is 0.786. The van der Waals surface area contributed by atoms with Gasteiger partial charge < -0.3 is 0 Å². The fraction of sp³-hybridized carbons (Fsp3) is 0.182. The second-order valence-electron chi connectivity index (χ2n) is 3.40. The fourth-order valence-electron chi connectivity index (χ4n) is 1.53. The van der Waals surface area contributed by atoms with Crippen LogP contribution in [0.3, 0.4) is 0 Å². The van der Waals surface area contributed by atoms with Crippen molar-refractivity contribution in [2.75, 3.05) is 0 Å². The Morgan fingerprint density at radius 3 is 2.76 bits per heavy atom. The molecule has 0 atom stereocenters. The van der Waals surface area contributed by atoms with Gasteiger partial charge in [-0.2, -0.15) is 10.4 Å². The Morgan fingerprint density at radius 1 is 1.47 bits per heavy atom. The Labute approximate surface area is 108 Å². The van der Waals surface area contributed by atoms with E-state index in [1.54, 1.807) is 23.7 Å². The Bertz CT molecular complexity index is 581. The molecule has 0 bridgehead atoms. The van der Waals surface area contributed by atoms with E-state index in [-0.39, 0.29) is 5.88 Å². The second kappa shape index (κ2) is 4.74. The van der Waals surface area contributed by atoms with Crippen molar-refractivity contribution in [2.45, 2.75) is 12.8 Å². The summed E-state index contributed by atoms with van der Waals surface area (Å²) in [5, 5.41) is 13.8. The predicted octanol–water partition coefficient (Wildman–Crippen LogP) is 2.84. The van der Waals surface area contributed by atoms with Crippen molar-refractivity contribution < 1.29 is 0 Å². The van der Waals surface area contributed by atoms with Gasteiger partial charge in [0.25, 0.3) is 0 Å². The van der Waals surface area contributed by atoms with E-state index >= 15 is 0 Å². The van der Waals surface area contributed by atoms with E-state index in [2.05, 4.69) is 16.2 Å². The van der Waals surface area contributed by atoms with Gasteiger partial charge >= 0.3 is 0 Å². The molecule has 2 aromatic rings. The van der Waals surface area contributed by atoms with Crippen molar-refractivity contribution in [1.29, 1.82) is 5.26 Å². The predicted molar refractivity (Wildman–Crippen MR) is 65.4 cm³/mol. The van der Waals surface area contributed by atoms with Crippen molar-refractivity contribution in [2.24, 2.45) is 0 Å². The van der Waals surface area contributed by atoms with Crippen molar-refractivity contribution in [3.63, 3.8) is 0 Å². The first kappa shape index (κ1) is 11.9. The number of aryl methyl sites for hydroxylation is 1. The molecule has 0 unspecified atom stereocenters. The van der Waals surface area contributed by atoms with Gasteiger partial charge in [-0.25, -0.2) is 9.67 Å². The molecule has 0 N–H and O–H groups in total. The molecule has 17 heavy (non-hydrogen) atoms. The van der Waals surface area contributed by atoms with Crippen molar-refractivity contribution >= 4 is 23.2 Å². The number of rotatable bonds is 2. The highest BCUT2D eigenvalue weighted by atomic mass is 35.5. The average molecular weight is 267 g/mol. The summed E-state index contributed by atoms with van der Waals surface area (Å²) in [5.41, 5.74) is 1.78. The normalized spacial score (nSPS) is 10.2. The van der Waals surface area contributed by atoms with Crippen LogP contribution in [-0.4, -0.2) is 14.8 Å². The lowest BCUT2D eigenvalue weighted by Crippen LogP contribution is -2.03. The molecule has 4 nitrogen and oxygen atoms in total. The molecule has 0 saturated heterocycles. The van der Waals surface area contributed by atoms with Gasteiger partial charge in [0.1, 0.15) is 6.07 Å². The highest BCUT2D eigenvalue weighted by Gasteiger charge is 2.15. The third-order valence-electron chi connectivity index (χ3n) is 2.32. The van der Waals surface area contributed by atoms with Crippen LogP contribution in [-0.2, 0) is 5.88 Å². The van der Waals surface area contributed by atoms with Gasteiger partial charge in [0, 0.05) is 6.20 Å². The molecule has 2 rings (SSSR count). The molecule has 2 aromatic heterocycles. The van der Waals surface area contributed by atoms with Crippen LogP contribution in [0.15, 0.2) is 18.3 Å². The van der Waals surface area contributed by atoms with Crippen LogP contribution >= 0.6 is 23.2 Å². The molecule has 0 aliphatic rings. The molecule has 0 amide bonds. The number of pyridine rings is 1. The van der Waals surface area contributed by atoms with Crippen LogP contribution in [0.5, 0.6) is 0 Å². The topological polar surface area (TPSA) is 54.5 Å². The Kier molecular flexibility index (Phi) is 3.32. The molecular weight excluding hydrogens is 259 g/mol. The number of nitrogens with zero attached hydrogens (tertiary/aromatic N) is 4. The van der Waals surface area contributed by atoms with Gasteiger partial charge in [-0.3, -0.25) is 0 Å². The van der Waals surface area contributed by atoms with E-state index < -0.39 is 0 Å². The van der Waals surface area contributed by atoms with Crippen LogP contribution < -0.4 is 0 Å². The maximum Gasteiger partial charge on any atom is 0.153 e. The van der Waals surface area contributed by atoms with E-state index in [1.807, 2.05) is 0 Å². The molecule has 0 fully saturated rings. The number of hydrogen-bond acceptors (Lipinski definition) is 3. The molecule has 0 saturated carbocycles. The molecule has 0 aromatic carbocycles. The first-order valence-electron chi connectivity index (χ1n) is 4.84.